The first-order chi connectivity index (χ1) is 11.5. The molecule has 1 aromatic carbocycles. The quantitative estimate of drug-likeness (QED) is 0.771. The Hall–Kier alpha value is -2.44. The summed E-state index contributed by atoms with van der Waals surface area (Å²) in [4.78, 5) is 4.59. The molecule has 0 saturated carbocycles. The van der Waals surface area contributed by atoms with Crippen molar-refractivity contribution in [3.05, 3.63) is 71.6 Å². The summed E-state index contributed by atoms with van der Waals surface area (Å²) in [7, 11) is -3.61. The number of sulfonamides is 1. The van der Waals surface area contributed by atoms with Gasteiger partial charge in [0.1, 0.15) is 5.69 Å². The normalized spacial score (nSPS) is 11.6. The van der Waals surface area contributed by atoms with Gasteiger partial charge in [0.15, 0.2) is 5.76 Å². The predicted molar refractivity (Wildman–Crippen MR) is 91.9 cm³/mol. The second kappa shape index (κ2) is 6.59. The molecule has 3 aromatic rings. The van der Waals surface area contributed by atoms with Crippen LogP contribution in [0.1, 0.15) is 16.7 Å². The van der Waals surface area contributed by atoms with Crippen molar-refractivity contribution >= 4 is 10.0 Å². The molecule has 24 heavy (non-hydrogen) atoms. The minimum atomic E-state index is -3.61. The highest BCUT2D eigenvalue weighted by Crippen LogP contribution is 2.22. The van der Waals surface area contributed by atoms with Gasteiger partial charge in [-0.3, -0.25) is 4.98 Å². The number of nitrogens with zero attached hydrogens (tertiary/aromatic N) is 1. The topological polar surface area (TPSA) is 72.2 Å². The number of rotatable bonds is 5. The molecule has 5 nitrogen and oxygen atoms in total. The van der Waals surface area contributed by atoms with Crippen LogP contribution < -0.4 is 4.72 Å². The number of aromatic nitrogens is 1. The lowest BCUT2D eigenvalue weighted by Gasteiger charge is -2.11. The average Bonchev–Trinajstić information content (AvgIpc) is 3.10. The fraction of sp³-hybridized carbons (Fsp3) is 0.167. The lowest BCUT2D eigenvalue weighted by Crippen LogP contribution is -2.24. The molecule has 1 N–H and O–H groups in total. The maximum Gasteiger partial charge on any atom is 0.241 e. The summed E-state index contributed by atoms with van der Waals surface area (Å²) in [5.41, 5.74) is 3.00. The molecule has 0 aliphatic carbocycles. The minimum Gasteiger partial charge on any atom is -0.463 e. The van der Waals surface area contributed by atoms with E-state index in [1.54, 1.807) is 43.6 Å². The zero-order valence-corrected chi connectivity index (χ0v) is 14.3. The fourth-order valence-corrected chi connectivity index (χ4v) is 3.80. The molecular weight excluding hydrogens is 324 g/mol. The number of furan rings is 1. The van der Waals surface area contributed by atoms with Gasteiger partial charge in [0, 0.05) is 12.7 Å². The smallest absolute Gasteiger partial charge is 0.241 e. The van der Waals surface area contributed by atoms with Gasteiger partial charge in [-0.05, 0) is 54.8 Å². The van der Waals surface area contributed by atoms with Crippen LogP contribution in [0.2, 0.25) is 0 Å². The van der Waals surface area contributed by atoms with E-state index in [0.29, 0.717) is 21.9 Å². The van der Waals surface area contributed by atoms with E-state index in [1.807, 2.05) is 25.1 Å². The van der Waals surface area contributed by atoms with Crippen LogP contribution in [0.4, 0.5) is 0 Å². The van der Waals surface area contributed by atoms with Crippen LogP contribution >= 0.6 is 0 Å². The standard InChI is InChI=1S/C18H18N2O3S/c1-13-7-8-14(2)17(11-13)24(21,22)20-12-15-5-3-9-19-18(15)16-6-4-10-23-16/h3-11,20H,12H2,1-2H3. The van der Waals surface area contributed by atoms with Crippen molar-refractivity contribution in [2.45, 2.75) is 25.3 Å². The molecule has 0 unspecified atom stereocenters. The lowest BCUT2D eigenvalue weighted by molar-refractivity contribution is 0.574. The Morgan fingerprint density at radius 3 is 2.71 bits per heavy atom. The molecule has 0 aliphatic rings. The van der Waals surface area contributed by atoms with Gasteiger partial charge >= 0.3 is 0 Å². The molecule has 0 radical (unpaired) electrons. The van der Waals surface area contributed by atoms with Gasteiger partial charge in [0.25, 0.3) is 0 Å². The summed E-state index contributed by atoms with van der Waals surface area (Å²) in [6.45, 7) is 3.79. The first kappa shape index (κ1) is 16.4. The zero-order chi connectivity index (χ0) is 17.2. The molecule has 6 heteroatoms. The molecule has 3 rings (SSSR count). The van der Waals surface area contributed by atoms with Crippen molar-refractivity contribution in [3.8, 4) is 11.5 Å². The van der Waals surface area contributed by atoms with E-state index >= 15 is 0 Å². The molecule has 2 aromatic heterocycles. The van der Waals surface area contributed by atoms with Gasteiger partial charge in [0.2, 0.25) is 10.0 Å². The monoisotopic (exact) mass is 342 g/mol. The Morgan fingerprint density at radius 2 is 1.96 bits per heavy atom. The highest BCUT2D eigenvalue weighted by molar-refractivity contribution is 7.89. The SMILES string of the molecule is Cc1ccc(C)c(S(=O)(=O)NCc2cccnc2-c2ccco2)c1. The van der Waals surface area contributed by atoms with Gasteiger partial charge in [-0.1, -0.05) is 18.2 Å². The van der Waals surface area contributed by atoms with Crippen LogP contribution in [-0.2, 0) is 16.6 Å². The van der Waals surface area contributed by atoms with Crippen molar-refractivity contribution in [1.29, 1.82) is 0 Å². The Morgan fingerprint density at radius 1 is 1.12 bits per heavy atom. The van der Waals surface area contributed by atoms with Crippen LogP contribution in [0.25, 0.3) is 11.5 Å². The third-order valence-electron chi connectivity index (χ3n) is 3.73. The Bertz CT molecular complexity index is 948. The third-order valence-corrected chi connectivity index (χ3v) is 5.27. The molecule has 2 heterocycles. The van der Waals surface area contributed by atoms with E-state index in [-0.39, 0.29) is 6.54 Å². The highest BCUT2D eigenvalue weighted by Gasteiger charge is 2.18. The number of hydrogen-bond acceptors (Lipinski definition) is 4. The van der Waals surface area contributed by atoms with Crippen molar-refractivity contribution in [2.75, 3.05) is 0 Å². The van der Waals surface area contributed by atoms with Gasteiger partial charge in [-0.15, -0.1) is 0 Å². The van der Waals surface area contributed by atoms with Gasteiger partial charge in [0.05, 0.1) is 11.2 Å². The summed E-state index contributed by atoms with van der Waals surface area (Å²) in [6, 6.07) is 12.5. The number of aryl methyl sites for hydroxylation is 2. The molecule has 0 atom stereocenters. The maximum absolute atomic E-state index is 12.6. The van der Waals surface area contributed by atoms with Gasteiger partial charge in [-0.25, -0.2) is 13.1 Å². The Labute approximate surface area is 141 Å². The molecular formula is C18H18N2O3S. The first-order valence-corrected chi connectivity index (χ1v) is 9.00. The molecule has 0 amide bonds. The van der Waals surface area contributed by atoms with E-state index < -0.39 is 10.0 Å². The number of nitrogens with one attached hydrogen (secondary N) is 1. The number of benzene rings is 1. The third kappa shape index (κ3) is 3.39. The van der Waals surface area contributed by atoms with E-state index in [2.05, 4.69) is 9.71 Å². The van der Waals surface area contributed by atoms with Crippen molar-refractivity contribution in [3.63, 3.8) is 0 Å². The second-order valence-electron chi connectivity index (χ2n) is 5.58. The summed E-state index contributed by atoms with van der Waals surface area (Å²) in [6.07, 6.45) is 3.22. The van der Waals surface area contributed by atoms with Crippen LogP contribution in [0.3, 0.4) is 0 Å². The predicted octanol–water partition coefficient (Wildman–Crippen LogP) is 3.44. The van der Waals surface area contributed by atoms with Gasteiger partial charge < -0.3 is 4.42 Å². The summed E-state index contributed by atoms with van der Waals surface area (Å²) in [5.74, 6) is 0.608. The molecule has 0 aliphatic heterocycles. The van der Waals surface area contributed by atoms with E-state index in [1.165, 1.54) is 0 Å². The molecule has 0 bridgehead atoms. The van der Waals surface area contributed by atoms with Crippen LogP contribution in [-0.4, -0.2) is 13.4 Å². The Kier molecular flexibility index (Phi) is 4.51. The summed E-state index contributed by atoms with van der Waals surface area (Å²) in [5, 5.41) is 0. The second-order valence-corrected chi connectivity index (χ2v) is 7.32. The van der Waals surface area contributed by atoms with Crippen LogP contribution in [0, 0.1) is 13.8 Å². The molecule has 0 saturated heterocycles. The summed E-state index contributed by atoms with van der Waals surface area (Å²) < 4.78 is 33.3. The number of pyridine rings is 1. The van der Waals surface area contributed by atoms with Crippen molar-refractivity contribution in [2.24, 2.45) is 0 Å². The van der Waals surface area contributed by atoms with Crippen molar-refractivity contribution in [1.82, 2.24) is 9.71 Å². The maximum atomic E-state index is 12.6. The molecule has 0 fully saturated rings. The minimum absolute atomic E-state index is 0.138. The molecule has 124 valence electrons. The highest BCUT2D eigenvalue weighted by atomic mass is 32.2. The van der Waals surface area contributed by atoms with Crippen LogP contribution in [0.5, 0.6) is 0 Å². The van der Waals surface area contributed by atoms with Crippen molar-refractivity contribution < 1.29 is 12.8 Å². The van der Waals surface area contributed by atoms with Crippen LogP contribution in [0.15, 0.2) is 64.2 Å². The van der Waals surface area contributed by atoms with Gasteiger partial charge in [-0.2, -0.15) is 0 Å². The van der Waals surface area contributed by atoms with E-state index in [9.17, 15) is 8.42 Å². The molecule has 0 spiro atoms. The first-order valence-electron chi connectivity index (χ1n) is 7.52. The van der Waals surface area contributed by atoms with E-state index in [4.69, 9.17) is 4.42 Å². The Balaban J connectivity index is 1.87. The fourth-order valence-electron chi connectivity index (χ4n) is 2.46. The number of hydrogen-bond donors (Lipinski definition) is 1. The largest absolute Gasteiger partial charge is 0.463 e. The summed E-state index contributed by atoms with van der Waals surface area (Å²) >= 11 is 0. The zero-order valence-electron chi connectivity index (χ0n) is 13.5. The van der Waals surface area contributed by atoms with E-state index in [0.717, 1.165) is 11.1 Å². The lowest BCUT2D eigenvalue weighted by atomic mass is 10.1. The average molecular weight is 342 g/mol.